The van der Waals surface area contributed by atoms with E-state index in [0.29, 0.717) is 18.0 Å². The molecule has 0 aliphatic heterocycles. The second-order valence-electron chi connectivity index (χ2n) is 5.31. The summed E-state index contributed by atoms with van der Waals surface area (Å²) in [4.78, 5) is 0.902. The van der Waals surface area contributed by atoms with Gasteiger partial charge in [-0.15, -0.1) is 11.8 Å². The second-order valence-corrected chi connectivity index (χ2v) is 8.38. The summed E-state index contributed by atoms with van der Waals surface area (Å²) in [5.74, 6) is 0.558. The maximum absolute atomic E-state index is 11.9. The van der Waals surface area contributed by atoms with Gasteiger partial charge in [0, 0.05) is 22.9 Å². The summed E-state index contributed by atoms with van der Waals surface area (Å²) in [6.45, 7) is 0.335. The van der Waals surface area contributed by atoms with Gasteiger partial charge in [0.1, 0.15) is 0 Å². The zero-order valence-electron chi connectivity index (χ0n) is 11.9. The first-order valence-corrected chi connectivity index (χ1v) is 9.74. The highest BCUT2D eigenvalue weighted by molar-refractivity contribution is 8.00. The lowest BCUT2D eigenvalue weighted by Gasteiger charge is -2.15. The summed E-state index contributed by atoms with van der Waals surface area (Å²) < 4.78 is 26.5. The van der Waals surface area contributed by atoms with E-state index >= 15 is 0 Å². The molecule has 2 rings (SSSR count). The molecule has 1 saturated carbocycles. The summed E-state index contributed by atoms with van der Waals surface area (Å²) in [5.41, 5.74) is 6.48. The zero-order chi connectivity index (χ0) is 15.3. The molecule has 0 amide bonds. The number of nitrogens with two attached hydrogens (primary N) is 1. The number of aliphatic hydroxyl groups excluding tert-OH is 1. The molecule has 1 aliphatic rings. The van der Waals surface area contributed by atoms with Gasteiger partial charge in [0.2, 0.25) is 10.0 Å². The van der Waals surface area contributed by atoms with Crippen molar-refractivity contribution in [1.82, 2.24) is 4.72 Å². The number of hydrogen-bond donors (Lipinski definition) is 3. The average Bonchev–Trinajstić information content (AvgIpc) is 2.84. The maximum Gasteiger partial charge on any atom is 0.212 e. The van der Waals surface area contributed by atoms with Gasteiger partial charge in [0.15, 0.2) is 0 Å². The molecular formula is C14H22N2O3S2. The molecule has 2 unspecified atom stereocenters. The van der Waals surface area contributed by atoms with Crippen LogP contribution in [0.2, 0.25) is 0 Å². The minimum absolute atomic E-state index is 0.0504. The monoisotopic (exact) mass is 330 g/mol. The van der Waals surface area contributed by atoms with Crippen LogP contribution in [0, 0.1) is 5.92 Å². The molecule has 21 heavy (non-hydrogen) atoms. The van der Waals surface area contributed by atoms with E-state index in [1.807, 2.05) is 18.2 Å². The maximum atomic E-state index is 11.9. The van der Waals surface area contributed by atoms with E-state index in [2.05, 4.69) is 4.72 Å². The van der Waals surface area contributed by atoms with E-state index < -0.39 is 10.0 Å². The molecule has 1 aliphatic carbocycles. The Hall–Kier alpha value is -0.760. The fraction of sp³-hybridized carbons (Fsp3) is 0.571. The fourth-order valence-electron chi connectivity index (χ4n) is 2.43. The van der Waals surface area contributed by atoms with Crippen LogP contribution in [0.15, 0.2) is 29.2 Å². The molecule has 7 heteroatoms. The van der Waals surface area contributed by atoms with Gasteiger partial charge >= 0.3 is 0 Å². The molecule has 4 N–H and O–H groups in total. The van der Waals surface area contributed by atoms with Crippen molar-refractivity contribution in [2.24, 2.45) is 5.92 Å². The Morgan fingerprint density at radius 2 is 2.10 bits per heavy atom. The molecule has 5 nitrogen and oxygen atoms in total. The summed E-state index contributed by atoms with van der Waals surface area (Å²) in [6.07, 6.45) is 2.26. The van der Waals surface area contributed by atoms with Gasteiger partial charge in [0.25, 0.3) is 0 Å². The van der Waals surface area contributed by atoms with Crippen LogP contribution in [0.1, 0.15) is 19.3 Å². The molecule has 0 bridgehead atoms. The van der Waals surface area contributed by atoms with Gasteiger partial charge in [-0.25, -0.2) is 13.1 Å². The Morgan fingerprint density at radius 3 is 2.76 bits per heavy atom. The minimum atomic E-state index is -3.30. The van der Waals surface area contributed by atoms with Crippen molar-refractivity contribution >= 4 is 27.5 Å². The minimum Gasteiger partial charge on any atom is -0.398 e. The van der Waals surface area contributed by atoms with E-state index in [9.17, 15) is 13.5 Å². The van der Waals surface area contributed by atoms with Gasteiger partial charge in [-0.05, 0) is 30.9 Å². The Labute approximate surface area is 130 Å². The number of anilines is 1. The largest absolute Gasteiger partial charge is 0.398 e. The van der Waals surface area contributed by atoms with Gasteiger partial charge in [-0.2, -0.15) is 0 Å². The number of rotatable bonds is 7. The number of benzene rings is 1. The van der Waals surface area contributed by atoms with Gasteiger partial charge in [-0.1, -0.05) is 18.6 Å². The van der Waals surface area contributed by atoms with E-state index in [0.717, 1.165) is 24.2 Å². The molecule has 0 heterocycles. The molecule has 1 fully saturated rings. The number of thioether (sulfide) groups is 1. The lowest BCUT2D eigenvalue weighted by Crippen LogP contribution is -2.34. The van der Waals surface area contributed by atoms with Crippen LogP contribution >= 0.6 is 11.8 Å². The Morgan fingerprint density at radius 1 is 1.33 bits per heavy atom. The van der Waals surface area contributed by atoms with E-state index in [4.69, 9.17) is 5.73 Å². The summed E-state index contributed by atoms with van der Waals surface area (Å²) in [7, 11) is -3.30. The summed E-state index contributed by atoms with van der Waals surface area (Å²) >= 11 is 1.44. The number of hydrogen-bond acceptors (Lipinski definition) is 5. The number of nitrogens with one attached hydrogen (secondary N) is 1. The number of sulfonamides is 1. The highest BCUT2D eigenvalue weighted by atomic mass is 32.2. The van der Waals surface area contributed by atoms with Crippen LogP contribution in [0.4, 0.5) is 5.69 Å². The van der Waals surface area contributed by atoms with Gasteiger partial charge in [-0.3, -0.25) is 0 Å². The molecule has 1 aromatic rings. The van der Waals surface area contributed by atoms with Crippen molar-refractivity contribution in [3.8, 4) is 0 Å². The predicted molar refractivity (Wildman–Crippen MR) is 86.7 cm³/mol. The molecular weight excluding hydrogens is 308 g/mol. The molecule has 0 spiro atoms. The summed E-state index contributed by atoms with van der Waals surface area (Å²) in [6, 6.07) is 7.42. The number of nitrogen functional groups attached to an aromatic ring is 1. The molecule has 0 saturated heterocycles. The van der Waals surface area contributed by atoms with Crippen molar-refractivity contribution in [1.29, 1.82) is 0 Å². The zero-order valence-corrected chi connectivity index (χ0v) is 13.5. The molecule has 1 aromatic carbocycles. The van der Waals surface area contributed by atoms with Crippen LogP contribution in [-0.4, -0.2) is 37.7 Å². The van der Waals surface area contributed by atoms with Gasteiger partial charge in [0.05, 0.1) is 11.9 Å². The van der Waals surface area contributed by atoms with Crippen molar-refractivity contribution in [3.05, 3.63) is 24.3 Å². The summed E-state index contributed by atoms with van der Waals surface area (Å²) in [5, 5.41) is 9.69. The lowest BCUT2D eigenvalue weighted by molar-refractivity contribution is 0.134. The van der Waals surface area contributed by atoms with Gasteiger partial charge < -0.3 is 10.8 Å². The Bertz CT molecular complexity index is 563. The van der Waals surface area contributed by atoms with Crippen LogP contribution in [-0.2, 0) is 10.0 Å². The van der Waals surface area contributed by atoms with Crippen molar-refractivity contribution in [2.45, 2.75) is 30.3 Å². The fourth-order valence-corrected chi connectivity index (χ4v) is 4.89. The van der Waals surface area contributed by atoms with Crippen LogP contribution < -0.4 is 10.5 Å². The van der Waals surface area contributed by atoms with Crippen molar-refractivity contribution < 1.29 is 13.5 Å². The highest BCUT2D eigenvalue weighted by Gasteiger charge is 2.26. The quantitative estimate of drug-likeness (QED) is 0.520. The molecule has 0 aromatic heterocycles. The van der Waals surface area contributed by atoms with Crippen molar-refractivity contribution in [2.75, 3.05) is 23.8 Å². The number of aliphatic hydroxyl groups is 1. The topological polar surface area (TPSA) is 92.4 Å². The third-order valence-corrected chi connectivity index (χ3v) is 6.41. The first-order chi connectivity index (χ1) is 9.98. The first-order valence-electron chi connectivity index (χ1n) is 7.10. The Kier molecular flexibility index (Phi) is 5.92. The standard InChI is InChI=1S/C14H22N2O3S2/c15-12-5-1-2-7-14(12)20-8-9-21(18,19)16-10-11-4-3-6-13(11)17/h1-2,5,7,11,13,16-17H,3-4,6,8-10,15H2. The van der Waals surface area contributed by atoms with Crippen molar-refractivity contribution in [3.63, 3.8) is 0 Å². The second kappa shape index (κ2) is 7.49. The van der Waals surface area contributed by atoms with Crippen LogP contribution in [0.3, 0.4) is 0 Å². The SMILES string of the molecule is Nc1ccccc1SCCS(=O)(=O)NCC1CCCC1O. The van der Waals surface area contributed by atoms with E-state index in [-0.39, 0.29) is 17.8 Å². The van der Waals surface area contributed by atoms with Crippen LogP contribution in [0.5, 0.6) is 0 Å². The average molecular weight is 330 g/mol. The first kappa shape index (κ1) is 16.6. The highest BCUT2D eigenvalue weighted by Crippen LogP contribution is 2.25. The molecule has 2 atom stereocenters. The third kappa shape index (κ3) is 5.18. The van der Waals surface area contributed by atoms with E-state index in [1.54, 1.807) is 6.07 Å². The smallest absolute Gasteiger partial charge is 0.212 e. The number of para-hydroxylation sites is 1. The Balaban J connectivity index is 1.75. The third-order valence-electron chi connectivity index (χ3n) is 3.71. The predicted octanol–water partition coefficient (Wildman–Crippen LogP) is 1.44. The molecule has 0 radical (unpaired) electrons. The molecule has 118 valence electrons. The van der Waals surface area contributed by atoms with Crippen LogP contribution in [0.25, 0.3) is 0 Å². The van der Waals surface area contributed by atoms with E-state index in [1.165, 1.54) is 11.8 Å². The normalized spacial score (nSPS) is 22.5. The lowest BCUT2D eigenvalue weighted by atomic mass is 10.1.